The predicted molar refractivity (Wildman–Crippen MR) is 78.8 cm³/mol. The lowest BCUT2D eigenvalue weighted by atomic mass is 10.2. The molecule has 0 unspecified atom stereocenters. The van der Waals surface area contributed by atoms with Crippen molar-refractivity contribution in [1.29, 1.82) is 0 Å². The molecule has 0 spiro atoms. The van der Waals surface area contributed by atoms with Crippen LogP contribution in [-0.2, 0) is 5.88 Å². The van der Waals surface area contributed by atoms with Crippen molar-refractivity contribution in [3.05, 3.63) is 44.3 Å². The summed E-state index contributed by atoms with van der Waals surface area (Å²) in [6.45, 7) is 0. The maximum Gasteiger partial charge on any atom is 0.258 e. The highest BCUT2D eigenvalue weighted by atomic mass is 79.9. The van der Waals surface area contributed by atoms with E-state index in [1.165, 1.54) is 11.3 Å². The summed E-state index contributed by atoms with van der Waals surface area (Å²) in [6, 6.07) is 5.09. The fourth-order valence-corrected chi connectivity index (χ4v) is 2.76. The van der Waals surface area contributed by atoms with Crippen LogP contribution in [0.25, 0.3) is 0 Å². The van der Waals surface area contributed by atoms with E-state index in [1.807, 2.05) is 0 Å². The average molecular weight is 366 g/mol. The van der Waals surface area contributed by atoms with E-state index in [-0.39, 0.29) is 5.91 Å². The van der Waals surface area contributed by atoms with Gasteiger partial charge in [-0.25, -0.2) is 4.98 Å². The third-order valence-corrected chi connectivity index (χ3v) is 3.99. The third kappa shape index (κ3) is 3.23. The minimum atomic E-state index is -0.295. The standard InChI is InChI=1S/C11H7BrCl2N2OS/c12-6-1-2-9(14)8(3-6)10(17)16-11-15-7(4-13)5-18-11/h1-3,5H,4H2,(H,15,16,17). The molecule has 2 rings (SSSR count). The lowest BCUT2D eigenvalue weighted by molar-refractivity contribution is 0.102. The molecule has 2 aromatic rings. The highest BCUT2D eigenvalue weighted by Crippen LogP contribution is 2.23. The Morgan fingerprint density at radius 1 is 1.50 bits per heavy atom. The van der Waals surface area contributed by atoms with Crippen molar-refractivity contribution in [1.82, 2.24) is 4.98 Å². The van der Waals surface area contributed by atoms with E-state index in [2.05, 4.69) is 26.2 Å². The number of hydrogen-bond donors (Lipinski definition) is 1. The first-order valence-electron chi connectivity index (χ1n) is 4.87. The minimum absolute atomic E-state index is 0.295. The summed E-state index contributed by atoms with van der Waals surface area (Å²) in [6.07, 6.45) is 0. The minimum Gasteiger partial charge on any atom is -0.298 e. The number of nitrogens with one attached hydrogen (secondary N) is 1. The number of alkyl halides is 1. The van der Waals surface area contributed by atoms with Crippen molar-refractivity contribution in [3.8, 4) is 0 Å². The Morgan fingerprint density at radius 3 is 2.94 bits per heavy atom. The molecule has 7 heteroatoms. The van der Waals surface area contributed by atoms with Gasteiger partial charge in [0.2, 0.25) is 0 Å². The summed E-state index contributed by atoms with van der Waals surface area (Å²) in [7, 11) is 0. The molecule has 0 saturated carbocycles. The highest BCUT2D eigenvalue weighted by Gasteiger charge is 2.12. The van der Waals surface area contributed by atoms with Gasteiger partial charge in [-0.05, 0) is 18.2 Å². The monoisotopic (exact) mass is 364 g/mol. The van der Waals surface area contributed by atoms with Crippen LogP contribution in [-0.4, -0.2) is 10.9 Å². The second kappa shape index (κ2) is 6.02. The number of carbonyl (C=O) groups is 1. The van der Waals surface area contributed by atoms with Gasteiger partial charge in [-0.3, -0.25) is 10.1 Å². The van der Waals surface area contributed by atoms with Gasteiger partial charge in [0.25, 0.3) is 5.91 Å². The molecule has 0 radical (unpaired) electrons. The van der Waals surface area contributed by atoms with E-state index in [1.54, 1.807) is 23.6 Å². The van der Waals surface area contributed by atoms with Gasteiger partial charge < -0.3 is 0 Å². The third-order valence-electron chi connectivity index (χ3n) is 2.08. The first-order valence-corrected chi connectivity index (χ1v) is 7.45. The number of nitrogens with zero attached hydrogens (tertiary/aromatic N) is 1. The van der Waals surface area contributed by atoms with Gasteiger partial charge in [-0.15, -0.1) is 22.9 Å². The van der Waals surface area contributed by atoms with Gasteiger partial charge in [-0.2, -0.15) is 0 Å². The number of thiazole rings is 1. The van der Waals surface area contributed by atoms with Crippen LogP contribution in [0.3, 0.4) is 0 Å². The van der Waals surface area contributed by atoms with Crippen molar-refractivity contribution < 1.29 is 4.79 Å². The van der Waals surface area contributed by atoms with Crippen LogP contribution in [0, 0.1) is 0 Å². The normalized spacial score (nSPS) is 10.4. The molecule has 1 amide bonds. The first-order chi connectivity index (χ1) is 8.60. The lowest BCUT2D eigenvalue weighted by Gasteiger charge is -2.04. The van der Waals surface area contributed by atoms with Gasteiger partial charge in [0.05, 0.1) is 22.2 Å². The van der Waals surface area contributed by atoms with E-state index >= 15 is 0 Å². The summed E-state index contributed by atoms with van der Waals surface area (Å²) in [5, 5.41) is 5.38. The second-order valence-corrected chi connectivity index (χ2v) is 5.80. The molecule has 94 valence electrons. The van der Waals surface area contributed by atoms with E-state index in [0.717, 1.165) is 10.2 Å². The number of carbonyl (C=O) groups excluding carboxylic acids is 1. The van der Waals surface area contributed by atoms with E-state index in [0.29, 0.717) is 21.6 Å². The smallest absolute Gasteiger partial charge is 0.258 e. The summed E-state index contributed by atoms with van der Waals surface area (Å²) in [5.74, 6) is 0.0288. The van der Waals surface area contributed by atoms with Crippen molar-refractivity contribution >= 4 is 61.5 Å². The Bertz CT molecular complexity index is 588. The molecule has 0 aliphatic rings. The average Bonchev–Trinajstić information content (AvgIpc) is 2.80. The number of anilines is 1. The van der Waals surface area contributed by atoms with E-state index in [4.69, 9.17) is 23.2 Å². The van der Waals surface area contributed by atoms with E-state index < -0.39 is 0 Å². The fraction of sp³-hybridized carbons (Fsp3) is 0.0909. The zero-order chi connectivity index (χ0) is 13.1. The quantitative estimate of drug-likeness (QED) is 0.810. The van der Waals surface area contributed by atoms with Crippen molar-refractivity contribution in [2.75, 3.05) is 5.32 Å². The number of amides is 1. The summed E-state index contributed by atoms with van der Waals surface area (Å²) in [4.78, 5) is 16.1. The van der Waals surface area contributed by atoms with Gasteiger partial charge in [-0.1, -0.05) is 27.5 Å². The number of hydrogen-bond acceptors (Lipinski definition) is 3. The molecule has 3 nitrogen and oxygen atoms in total. The predicted octanol–water partition coefficient (Wildman–Crippen LogP) is 4.55. The Morgan fingerprint density at radius 2 is 2.28 bits per heavy atom. The maximum atomic E-state index is 12.0. The largest absolute Gasteiger partial charge is 0.298 e. The molecule has 0 atom stereocenters. The topological polar surface area (TPSA) is 42.0 Å². The number of aromatic nitrogens is 1. The molecule has 0 aliphatic carbocycles. The molecule has 1 N–H and O–H groups in total. The van der Waals surface area contributed by atoms with Crippen LogP contribution in [0.15, 0.2) is 28.1 Å². The Kier molecular flexibility index (Phi) is 4.61. The van der Waals surface area contributed by atoms with E-state index in [9.17, 15) is 4.79 Å². The van der Waals surface area contributed by atoms with Crippen molar-refractivity contribution in [3.63, 3.8) is 0 Å². The van der Waals surface area contributed by atoms with Gasteiger partial charge in [0.1, 0.15) is 0 Å². The Balaban J connectivity index is 2.19. The van der Waals surface area contributed by atoms with Crippen LogP contribution < -0.4 is 5.32 Å². The van der Waals surface area contributed by atoms with Crippen LogP contribution in [0.4, 0.5) is 5.13 Å². The molecule has 0 saturated heterocycles. The van der Waals surface area contributed by atoms with Crippen molar-refractivity contribution in [2.24, 2.45) is 0 Å². The Labute approximate surface area is 126 Å². The molecule has 1 heterocycles. The first kappa shape index (κ1) is 13.8. The molecule has 1 aromatic carbocycles. The number of halogens is 3. The van der Waals surface area contributed by atoms with Crippen LogP contribution in [0.5, 0.6) is 0 Å². The molecule has 18 heavy (non-hydrogen) atoms. The number of rotatable bonds is 3. The van der Waals surface area contributed by atoms with Crippen LogP contribution >= 0.6 is 50.5 Å². The van der Waals surface area contributed by atoms with Crippen molar-refractivity contribution in [2.45, 2.75) is 5.88 Å². The van der Waals surface area contributed by atoms with Gasteiger partial charge in [0.15, 0.2) is 5.13 Å². The SMILES string of the molecule is O=C(Nc1nc(CCl)cs1)c1cc(Br)ccc1Cl. The lowest BCUT2D eigenvalue weighted by Crippen LogP contribution is -2.12. The Hall–Kier alpha value is -0.620. The maximum absolute atomic E-state index is 12.0. The fourth-order valence-electron chi connectivity index (χ4n) is 1.26. The summed E-state index contributed by atoms with van der Waals surface area (Å²) in [5.41, 5.74) is 1.13. The van der Waals surface area contributed by atoms with Crippen LogP contribution in [0.2, 0.25) is 5.02 Å². The second-order valence-electron chi connectivity index (χ2n) is 3.36. The van der Waals surface area contributed by atoms with Gasteiger partial charge >= 0.3 is 0 Å². The van der Waals surface area contributed by atoms with Crippen LogP contribution in [0.1, 0.15) is 16.1 Å². The molecule has 0 bridgehead atoms. The molecule has 0 fully saturated rings. The highest BCUT2D eigenvalue weighted by molar-refractivity contribution is 9.10. The summed E-state index contributed by atoms with van der Waals surface area (Å²) >= 11 is 16.2. The molecular formula is C11H7BrCl2N2OS. The molecule has 1 aromatic heterocycles. The molecule has 0 aliphatic heterocycles. The molecular weight excluding hydrogens is 359 g/mol. The zero-order valence-corrected chi connectivity index (χ0v) is 12.8. The number of benzene rings is 1. The summed E-state index contributed by atoms with van der Waals surface area (Å²) < 4.78 is 0.789. The zero-order valence-electron chi connectivity index (χ0n) is 8.91. The van der Waals surface area contributed by atoms with Gasteiger partial charge in [0, 0.05) is 9.85 Å².